The molecule has 0 aliphatic rings. The lowest BCUT2D eigenvalue weighted by molar-refractivity contribution is -0.122. The van der Waals surface area contributed by atoms with E-state index in [9.17, 15) is 9.59 Å². The van der Waals surface area contributed by atoms with Crippen LogP contribution in [0.15, 0.2) is 18.3 Å². The molecule has 0 spiro atoms. The fourth-order valence-corrected chi connectivity index (χ4v) is 1.24. The summed E-state index contributed by atoms with van der Waals surface area (Å²) in [5.41, 5.74) is 5.25. The van der Waals surface area contributed by atoms with Crippen LogP contribution in [0.2, 0.25) is 0 Å². The molecule has 18 heavy (non-hydrogen) atoms. The molecule has 1 rings (SSSR count). The van der Waals surface area contributed by atoms with Gasteiger partial charge in [0.1, 0.15) is 18.0 Å². The van der Waals surface area contributed by atoms with Crippen molar-refractivity contribution in [2.75, 3.05) is 32.2 Å². The Morgan fingerprint density at radius 1 is 1.50 bits per heavy atom. The van der Waals surface area contributed by atoms with Crippen LogP contribution in [0.5, 0.6) is 0 Å². The fourth-order valence-electron chi connectivity index (χ4n) is 1.24. The van der Waals surface area contributed by atoms with E-state index >= 15 is 0 Å². The Labute approximate surface area is 104 Å². The number of nitrogens with one attached hydrogen (secondary N) is 1. The van der Waals surface area contributed by atoms with Gasteiger partial charge < -0.3 is 20.5 Å². The molecule has 0 fully saturated rings. The van der Waals surface area contributed by atoms with Crippen molar-refractivity contribution in [3.05, 3.63) is 23.9 Å². The number of ether oxygens (including phenoxy) is 2. The Balaban J connectivity index is 2.46. The number of primary amides is 1. The van der Waals surface area contributed by atoms with E-state index in [2.05, 4.69) is 15.0 Å². The number of hydrogen-bond acceptors (Lipinski definition) is 6. The summed E-state index contributed by atoms with van der Waals surface area (Å²) in [6.45, 7) is 0.544. The number of methoxy groups -OCH3 is 1. The Hall–Kier alpha value is -2.15. The van der Waals surface area contributed by atoms with Crippen molar-refractivity contribution >= 4 is 17.7 Å². The van der Waals surface area contributed by atoms with Crippen LogP contribution in [0.1, 0.15) is 10.4 Å². The molecular weight excluding hydrogens is 238 g/mol. The average Bonchev–Trinajstić information content (AvgIpc) is 2.37. The number of pyridine rings is 1. The van der Waals surface area contributed by atoms with Crippen LogP contribution >= 0.6 is 0 Å². The Kier molecular flexibility index (Phi) is 5.59. The van der Waals surface area contributed by atoms with Gasteiger partial charge in [0.2, 0.25) is 5.91 Å². The number of anilines is 1. The van der Waals surface area contributed by atoms with Gasteiger partial charge in [-0.2, -0.15) is 0 Å². The third-order valence-electron chi connectivity index (χ3n) is 2.00. The maximum absolute atomic E-state index is 11.4. The molecule has 0 saturated heterocycles. The summed E-state index contributed by atoms with van der Waals surface area (Å²) >= 11 is 0. The minimum Gasteiger partial charge on any atom is -0.465 e. The van der Waals surface area contributed by atoms with Crippen molar-refractivity contribution in [3.8, 4) is 0 Å². The molecule has 0 radical (unpaired) electrons. The summed E-state index contributed by atoms with van der Waals surface area (Å²) in [7, 11) is 1.30. The topological polar surface area (TPSA) is 104 Å². The van der Waals surface area contributed by atoms with E-state index < -0.39 is 11.9 Å². The maximum atomic E-state index is 11.4. The summed E-state index contributed by atoms with van der Waals surface area (Å²) in [5.74, 6) is -0.584. The lowest BCUT2D eigenvalue weighted by Crippen LogP contribution is -2.21. The second kappa shape index (κ2) is 7.23. The van der Waals surface area contributed by atoms with E-state index in [-0.39, 0.29) is 13.2 Å². The molecule has 0 saturated carbocycles. The molecule has 1 heterocycles. The smallest absolute Gasteiger partial charge is 0.341 e. The molecular formula is C11H15N3O4. The first-order valence-corrected chi connectivity index (χ1v) is 5.28. The third kappa shape index (κ3) is 4.38. The fraction of sp³-hybridized carbons (Fsp3) is 0.364. The van der Waals surface area contributed by atoms with Crippen LogP contribution in [-0.4, -0.2) is 43.7 Å². The van der Waals surface area contributed by atoms with Gasteiger partial charge in [-0.15, -0.1) is 0 Å². The van der Waals surface area contributed by atoms with Crippen molar-refractivity contribution in [1.82, 2.24) is 4.98 Å². The van der Waals surface area contributed by atoms with E-state index in [1.165, 1.54) is 7.11 Å². The molecule has 0 unspecified atom stereocenters. The summed E-state index contributed by atoms with van der Waals surface area (Å²) in [4.78, 5) is 25.9. The first-order valence-electron chi connectivity index (χ1n) is 5.28. The van der Waals surface area contributed by atoms with Gasteiger partial charge in [-0.1, -0.05) is 0 Å². The van der Waals surface area contributed by atoms with Crippen LogP contribution in [0.25, 0.3) is 0 Å². The number of carbonyl (C=O) groups is 2. The SMILES string of the molecule is COC(=O)c1cccnc1NCCOCC(N)=O. The summed E-state index contributed by atoms with van der Waals surface area (Å²) in [5, 5.41) is 2.91. The quantitative estimate of drug-likeness (QED) is 0.514. The van der Waals surface area contributed by atoms with Crippen LogP contribution in [0.4, 0.5) is 5.82 Å². The number of nitrogens with two attached hydrogens (primary N) is 1. The highest BCUT2D eigenvalue weighted by Crippen LogP contribution is 2.11. The van der Waals surface area contributed by atoms with E-state index in [1.807, 2.05) is 0 Å². The Morgan fingerprint density at radius 2 is 2.28 bits per heavy atom. The lowest BCUT2D eigenvalue weighted by Gasteiger charge is -2.09. The molecule has 0 atom stereocenters. The molecule has 0 aromatic carbocycles. The number of rotatable bonds is 7. The molecule has 98 valence electrons. The zero-order valence-electron chi connectivity index (χ0n) is 10.0. The van der Waals surface area contributed by atoms with Gasteiger partial charge >= 0.3 is 5.97 Å². The second-order valence-electron chi connectivity index (χ2n) is 3.34. The molecule has 7 nitrogen and oxygen atoms in total. The van der Waals surface area contributed by atoms with Gasteiger partial charge in [0.05, 0.1) is 13.7 Å². The van der Waals surface area contributed by atoms with Crippen molar-refractivity contribution in [1.29, 1.82) is 0 Å². The Morgan fingerprint density at radius 3 is 2.94 bits per heavy atom. The minimum absolute atomic E-state index is 0.131. The third-order valence-corrected chi connectivity index (χ3v) is 2.00. The molecule has 1 aromatic heterocycles. The largest absolute Gasteiger partial charge is 0.465 e. The zero-order chi connectivity index (χ0) is 13.4. The highest BCUT2D eigenvalue weighted by Gasteiger charge is 2.11. The highest BCUT2D eigenvalue weighted by molar-refractivity contribution is 5.94. The van der Waals surface area contributed by atoms with Crippen LogP contribution < -0.4 is 11.1 Å². The highest BCUT2D eigenvalue weighted by atomic mass is 16.5. The molecule has 1 amide bonds. The maximum Gasteiger partial charge on any atom is 0.341 e. The molecule has 1 aromatic rings. The van der Waals surface area contributed by atoms with E-state index in [0.717, 1.165) is 0 Å². The normalized spacial score (nSPS) is 9.83. The molecule has 0 aliphatic heterocycles. The number of carbonyl (C=O) groups excluding carboxylic acids is 2. The number of hydrogen-bond donors (Lipinski definition) is 2. The second-order valence-corrected chi connectivity index (χ2v) is 3.34. The number of amides is 1. The van der Waals surface area contributed by atoms with Gasteiger partial charge in [-0.25, -0.2) is 9.78 Å². The first-order chi connectivity index (χ1) is 8.65. The Bertz CT molecular complexity index is 423. The van der Waals surface area contributed by atoms with E-state index in [4.69, 9.17) is 10.5 Å². The molecule has 7 heteroatoms. The van der Waals surface area contributed by atoms with Crippen LogP contribution in [-0.2, 0) is 14.3 Å². The minimum atomic E-state index is -0.525. The standard InChI is InChI=1S/C11H15N3O4/c1-17-11(16)8-3-2-4-13-10(8)14-5-6-18-7-9(12)15/h2-4H,5-7H2,1H3,(H2,12,15)(H,13,14). The average molecular weight is 253 g/mol. The molecule has 0 aliphatic carbocycles. The number of aromatic nitrogens is 1. The summed E-state index contributed by atoms with van der Waals surface area (Å²) < 4.78 is 9.59. The lowest BCUT2D eigenvalue weighted by atomic mass is 10.2. The van der Waals surface area contributed by atoms with Gasteiger partial charge in [-0.05, 0) is 12.1 Å². The van der Waals surface area contributed by atoms with Crippen molar-refractivity contribution in [2.45, 2.75) is 0 Å². The summed E-state index contributed by atoms with van der Waals surface area (Å²) in [6.07, 6.45) is 1.55. The zero-order valence-corrected chi connectivity index (χ0v) is 10.0. The predicted molar refractivity (Wildman–Crippen MR) is 64.1 cm³/mol. The van der Waals surface area contributed by atoms with Crippen LogP contribution in [0, 0.1) is 0 Å². The summed E-state index contributed by atoms with van der Waals surface area (Å²) in [6, 6.07) is 3.24. The van der Waals surface area contributed by atoms with E-state index in [0.29, 0.717) is 17.9 Å². The predicted octanol–water partition coefficient (Wildman–Crippen LogP) is -0.218. The number of esters is 1. The van der Waals surface area contributed by atoms with Gasteiger partial charge in [0.25, 0.3) is 0 Å². The van der Waals surface area contributed by atoms with Crippen molar-refractivity contribution in [2.24, 2.45) is 5.73 Å². The number of nitrogens with zero attached hydrogens (tertiary/aromatic N) is 1. The monoisotopic (exact) mass is 253 g/mol. The van der Waals surface area contributed by atoms with Crippen LogP contribution in [0.3, 0.4) is 0 Å². The first kappa shape index (κ1) is 13.9. The van der Waals surface area contributed by atoms with E-state index in [1.54, 1.807) is 18.3 Å². The van der Waals surface area contributed by atoms with Crippen molar-refractivity contribution in [3.63, 3.8) is 0 Å². The van der Waals surface area contributed by atoms with Gasteiger partial charge in [0.15, 0.2) is 0 Å². The van der Waals surface area contributed by atoms with Gasteiger partial charge in [0, 0.05) is 12.7 Å². The van der Waals surface area contributed by atoms with Crippen molar-refractivity contribution < 1.29 is 19.1 Å². The molecule has 3 N–H and O–H groups in total. The van der Waals surface area contributed by atoms with Gasteiger partial charge in [-0.3, -0.25) is 4.79 Å². The molecule has 0 bridgehead atoms.